The van der Waals surface area contributed by atoms with Crippen LogP contribution in [0.2, 0.25) is 5.15 Å². The third-order valence-corrected chi connectivity index (χ3v) is 5.97. The Morgan fingerprint density at radius 1 is 1.28 bits per heavy atom. The monoisotopic (exact) mass is 500 g/mol. The zero-order valence-electron chi connectivity index (χ0n) is 20.2. The van der Waals surface area contributed by atoms with Gasteiger partial charge in [0.05, 0.1) is 11.1 Å². The molecule has 0 spiro atoms. The van der Waals surface area contributed by atoms with Crippen molar-refractivity contribution in [1.29, 1.82) is 0 Å². The van der Waals surface area contributed by atoms with E-state index in [0.29, 0.717) is 33.6 Å². The summed E-state index contributed by atoms with van der Waals surface area (Å²) >= 11 is 6.53. The number of hydrogen-bond acceptors (Lipinski definition) is 5. The number of nitrogens with zero attached hydrogens (tertiary/aromatic N) is 6. The minimum atomic E-state index is -0.615. The quantitative estimate of drug-likeness (QED) is 0.146. The van der Waals surface area contributed by atoms with Crippen molar-refractivity contribution < 1.29 is 9.13 Å². The third kappa shape index (κ3) is 4.49. The van der Waals surface area contributed by atoms with E-state index in [9.17, 15) is 0 Å². The van der Waals surface area contributed by atoms with Gasteiger partial charge in [0.2, 0.25) is 0 Å². The highest BCUT2D eigenvalue weighted by Crippen LogP contribution is 2.43. The van der Waals surface area contributed by atoms with E-state index in [2.05, 4.69) is 37.6 Å². The van der Waals surface area contributed by atoms with Crippen molar-refractivity contribution in [2.24, 2.45) is 17.0 Å². The van der Waals surface area contributed by atoms with Crippen LogP contribution in [-0.4, -0.2) is 32.3 Å². The number of allylic oxidation sites excluding steroid dienone is 2. The van der Waals surface area contributed by atoms with E-state index in [4.69, 9.17) is 22.8 Å². The molecule has 0 fully saturated rings. The van der Waals surface area contributed by atoms with Gasteiger partial charge in [-0.05, 0) is 56.8 Å². The highest BCUT2D eigenvalue weighted by molar-refractivity contribution is 6.35. The van der Waals surface area contributed by atoms with Gasteiger partial charge in [-0.25, -0.2) is 29.3 Å². The number of terminal acetylenes is 1. The molecular weight excluding hydrogens is 479 g/mol. The van der Waals surface area contributed by atoms with E-state index < -0.39 is 5.82 Å². The van der Waals surface area contributed by atoms with Crippen LogP contribution in [0, 0.1) is 25.1 Å². The fourth-order valence-corrected chi connectivity index (χ4v) is 4.06. The molecule has 0 atom stereocenters. The molecule has 1 aromatic carbocycles. The average molecular weight is 501 g/mol. The lowest BCUT2D eigenvalue weighted by molar-refractivity contribution is 0.486. The van der Waals surface area contributed by atoms with Crippen molar-refractivity contribution in [3.05, 3.63) is 70.8 Å². The molecule has 3 aromatic heterocycles. The molecular formula is C27H22ClFN6O. The van der Waals surface area contributed by atoms with E-state index in [0.717, 1.165) is 16.8 Å². The molecule has 0 radical (unpaired) electrons. The Bertz CT molecular complexity index is 1610. The molecule has 0 aliphatic heterocycles. The van der Waals surface area contributed by atoms with E-state index in [1.165, 1.54) is 18.5 Å². The van der Waals surface area contributed by atoms with Crippen LogP contribution in [0.1, 0.15) is 25.1 Å². The van der Waals surface area contributed by atoms with Gasteiger partial charge >= 0.3 is 6.02 Å². The van der Waals surface area contributed by atoms with Crippen molar-refractivity contribution in [1.82, 2.24) is 19.5 Å². The SMILES string of the molecule is C#Cc1cc(C)c(-c2c(-c3ccc(OC(N=C)=N/C(C)=C\C)c(F)c3)c3c(Cl)ncnc3n2C)cn1. The van der Waals surface area contributed by atoms with Crippen LogP contribution >= 0.6 is 11.6 Å². The molecule has 4 rings (SSSR count). The van der Waals surface area contributed by atoms with Crippen LogP contribution in [0.5, 0.6) is 5.75 Å². The predicted octanol–water partition coefficient (Wildman–Crippen LogP) is 6.14. The first-order chi connectivity index (χ1) is 17.3. The van der Waals surface area contributed by atoms with Crippen molar-refractivity contribution >= 4 is 35.4 Å². The Morgan fingerprint density at radius 3 is 2.69 bits per heavy atom. The molecule has 7 nitrogen and oxygen atoms in total. The lowest BCUT2D eigenvalue weighted by atomic mass is 9.97. The maximum absolute atomic E-state index is 15.3. The zero-order chi connectivity index (χ0) is 26.0. The van der Waals surface area contributed by atoms with E-state index in [1.807, 2.05) is 31.5 Å². The summed E-state index contributed by atoms with van der Waals surface area (Å²) in [7, 11) is 1.86. The summed E-state index contributed by atoms with van der Waals surface area (Å²) in [6.45, 7) is 8.97. The van der Waals surface area contributed by atoms with Gasteiger partial charge in [-0.2, -0.15) is 0 Å². The first-order valence-corrected chi connectivity index (χ1v) is 11.2. The van der Waals surface area contributed by atoms with Crippen molar-refractivity contribution in [2.75, 3.05) is 0 Å². The second kappa shape index (κ2) is 10.1. The molecule has 0 aliphatic rings. The largest absolute Gasteiger partial charge is 0.421 e. The Balaban J connectivity index is 1.93. The number of halogens is 2. The number of amidine groups is 1. The normalized spacial score (nSPS) is 12.0. The molecule has 0 saturated heterocycles. The van der Waals surface area contributed by atoms with Crippen LogP contribution in [0.15, 0.2) is 58.5 Å². The Labute approximate surface area is 213 Å². The Morgan fingerprint density at radius 2 is 2.06 bits per heavy atom. The molecule has 3 heterocycles. The average Bonchev–Trinajstić information content (AvgIpc) is 3.17. The van der Waals surface area contributed by atoms with Gasteiger partial charge in [0.15, 0.2) is 11.6 Å². The second-order valence-electron chi connectivity index (χ2n) is 7.90. The van der Waals surface area contributed by atoms with E-state index in [-0.39, 0.29) is 16.9 Å². The molecule has 9 heteroatoms. The van der Waals surface area contributed by atoms with Crippen LogP contribution < -0.4 is 4.74 Å². The standard InChI is InChI=1S/C27H22ClFN6O/c1-7-16(4)34-27(30-5)36-21-10-9-17(12-20(21)29)22-23-25(28)32-14-33-26(23)35(6)24(22)19-13-31-18(8-2)11-15(19)3/h2,7,9-14H,5H2,1,3-4,6H3/b16-7-,34-27?. The number of aliphatic imine (C=N–C) groups is 2. The van der Waals surface area contributed by atoms with Crippen molar-refractivity contribution in [3.8, 4) is 40.5 Å². The van der Waals surface area contributed by atoms with Gasteiger partial charge < -0.3 is 9.30 Å². The van der Waals surface area contributed by atoms with Crippen LogP contribution in [-0.2, 0) is 7.05 Å². The number of aryl methyl sites for hydroxylation is 2. The first-order valence-electron chi connectivity index (χ1n) is 10.9. The smallest absolute Gasteiger partial charge is 0.321 e. The van der Waals surface area contributed by atoms with Gasteiger partial charge in [-0.15, -0.1) is 6.42 Å². The number of benzene rings is 1. The number of pyridine rings is 1. The lowest BCUT2D eigenvalue weighted by Crippen LogP contribution is -2.06. The van der Waals surface area contributed by atoms with Gasteiger partial charge in [0.25, 0.3) is 0 Å². The highest BCUT2D eigenvalue weighted by Gasteiger charge is 2.24. The molecule has 0 amide bonds. The summed E-state index contributed by atoms with van der Waals surface area (Å²) in [4.78, 5) is 20.8. The van der Waals surface area contributed by atoms with Gasteiger partial charge in [-0.1, -0.05) is 29.7 Å². The van der Waals surface area contributed by atoms with Gasteiger partial charge in [-0.3, -0.25) is 0 Å². The Hall–Kier alpha value is -4.35. The Kier molecular flexibility index (Phi) is 6.95. The van der Waals surface area contributed by atoms with Crippen LogP contribution in [0.25, 0.3) is 33.4 Å². The van der Waals surface area contributed by atoms with Gasteiger partial charge in [0.1, 0.15) is 22.8 Å². The first kappa shape index (κ1) is 24.8. The predicted molar refractivity (Wildman–Crippen MR) is 142 cm³/mol. The molecule has 0 unspecified atom stereocenters. The fraction of sp³-hybridized carbons (Fsp3) is 0.148. The third-order valence-electron chi connectivity index (χ3n) is 5.68. The fourth-order valence-electron chi connectivity index (χ4n) is 3.84. The summed E-state index contributed by atoms with van der Waals surface area (Å²) in [5, 5.41) is 0.833. The van der Waals surface area contributed by atoms with Crippen molar-refractivity contribution in [3.63, 3.8) is 0 Å². The molecule has 0 N–H and O–H groups in total. The lowest BCUT2D eigenvalue weighted by Gasteiger charge is -2.12. The highest BCUT2D eigenvalue weighted by atomic mass is 35.5. The number of fused-ring (bicyclic) bond motifs is 1. The van der Waals surface area contributed by atoms with Gasteiger partial charge in [0, 0.05) is 30.1 Å². The number of ether oxygens (including phenoxy) is 1. The maximum atomic E-state index is 15.3. The summed E-state index contributed by atoms with van der Waals surface area (Å²) in [5.41, 5.74) is 5.41. The van der Waals surface area contributed by atoms with E-state index in [1.54, 1.807) is 25.3 Å². The molecule has 0 aliphatic carbocycles. The van der Waals surface area contributed by atoms with Crippen LogP contribution in [0.4, 0.5) is 4.39 Å². The minimum absolute atomic E-state index is 0.0471. The summed E-state index contributed by atoms with van der Waals surface area (Å²) in [5.74, 6) is 1.88. The number of rotatable bonds is 4. The minimum Gasteiger partial charge on any atom is -0.421 e. The summed E-state index contributed by atoms with van der Waals surface area (Å²) < 4.78 is 22.7. The molecule has 180 valence electrons. The molecule has 0 saturated carbocycles. The second-order valence-corrected chi connectivity index (χ2v) is 8.26. The maximum Gasteiger partial charge on any atom is 0.321 e. The number of aromatic nitrogens is 4. The number of hydrogen-bond donors (Lipinski definition) is 0. The molecule has 36 heavy (non-hydrogen) atoms. The van der Waals surface area contributed by atoms with E-state index >= 15 is 4.39 Å². The van der Waals surface area contributed by atoms with Crippen molar-refractivity contribution in [2.45, 2.75) is 20.8 Å². The van der Waals surface area contributed by atoms with Crippen LogP contribution in [0.3, 0.4) is 0 Å². The summed E-state index contributed by atoms with van der Waals surface area (Å²) in [6.07, 6.45) is 10.4. The molecule has 0 bridgehead atoms. The zero-order valence-corrected chi connectivity index (χ0v) is 20.9. The molecule has 4 aromatic rings. The topological polar surface area (TPSA) is 77.5 Å². The summed E-state index contributed by atoms with van der Waals surface area (Å²) in [6, 6.07) is 6.34.